The van der Waals surface area contributed by atoms with Crippen LogP contribution in [-0.4, -0.2) is 41.6 Å². The van der Waals surface area contributed by atoms with Crippen molar-refractivity contribution >= 4 is 12.0 Å². The van der Waals surface area contributed by atoms with Gasteiger partial charge in [-0.05, 0) is 63.1 Å². The lowest BCUT2D eigenvalue weighted by molar-refractivity contribution is 0.0288. The number of rotatable bonds is 1. The van der Waals surface area contributed by atoms with Crippen molar-refractivity contribution in [3.63, 3.8) is 0 Å². The highest BCUT2D eigenvalue weighted by Crippen LogP contribution is 2.44. The van der Waals surface area contributed by atoms with E-state index in [0.717, 1.165) is 16.7 Å². The Bertz CT molecular complexity index is 746. The molecule has 5 nitrogen and oxygen atoms in total. The molecule has 1 saturated heterocycles. The minimum atomic E-state index is -0.512. The first-order valence-corrected chi connectivity index (χ1v) is 9.16. The van der Waals surface area contributed by atoms with Crippen LogP contribution in [0.5, 0.6) is 0 Å². The quantitative estimate of drug-likeness (QED) is 0.852. The first-order chi connectivity index (χ1) is 11.7. The Hall–Kier alpha value is -2.04. The number of carbonyl (C=O) groups excluding carboxylic acids is 2. The van der Waals surface area contributed by atoms with Gasteiger partial charge in [0.1, 0.15) is 5.60 Å². The molecular weight excluding hydrogens is 316 g/mol. The molecule has 2 heterocycles. The lowest BCUT2D eigenvalue weighted by Gasteiger charge is -2.29. The molecule has 5 heteroatoms. The molecule has 1 saturated carbocycles. The van der Waals surface area contributed by atoms with Gasteiger partial charge in [-0.2, -0.15) is 0 Å². The van der Waals surface area contributed by atoms with Crippen molar-refractivity contribution in [1.82, 2.24) is 10.2 Å². The maximum Gasteiger partial charge on any atom is 0.410 e. The van der Waals surface area contributed by atoms with Gasteiger partial charge in [0, 0.05) is 24.6 Å². The molecule has 1 aromatic carbocycles. The molecule has 1 aromatic rings. The van der Waals surface area contributed by atoms with Crippen molar-refractivity contribution < 1.29 is 14.3 Å². The molecule has 1 N–H and O–H groups in total. The van der Waals surface area contributed by atoms with Crippen LogP contribution in [0.2, 0.25) is 0 Å². The monoisotopic (exact) mass is 342 g/mol. The molecule has 3 aliphatic rings. The number of hydrogen-bond acceptors (Lipinski definition) is 3. The number of amides is 2. The summed E-state index contributed by atoms with van der Waals surface area (Å²) in [5.41, 5.74) is 3.80. The number of benzene rings is 1. The lowest BCUT2D eigenvalue weighted by atomic mass is 9.82. The van der Waals surface area contributed by atoms with Crippen LogP contribution in [-0.2, 0) is 4.74 Å². The van der Waals surface area contributed by atoms with Crippen molar-refractivity contribution in [1.29, 1.82) is 0 Å². The van der Waals surface area contributed by atoms with E-state index in [1.807, 2.05) is 27.7 Å². The number of likely N-dealkylation sites (tertiary alicyclic amines) is 1. The highest BCUT2D eigenvalue weighted by Gasteiger charge is 2.44. The number of hydrogen-bond donors (Lipinski definition) is 1. The first-order valence-electron chi connectivity index (χ1n) is 9.16. The molecule has 2 fully saturated rings. The van der Waals surface area contributed by atoms with Gasteiger partial charge >= 0.3 is 6.09 Å². The van der Waals surface area contributed by atoms with Crippen LogP contribution in [0, 0.1) is 6.92 Å². The summed E-state index contributed by atoms with van der Waals surface area (Å²) < 4.78 is 5.51. The van der Waals surface area contributed by atoms with Crippen LogP contribution < -0.4 is 5.32 Å². The van der Waals surface area contributed by atoms with Crippen molar-refractivity contribution in [2.45, 2.75) is 64.0 Å². The van der Waals surface area contributed by atoms with Gasteiger partial charge < -0.3 is 15.0 Å². The predicted molar refractivity (Wildman–Crippen MR) is 95.0 cm³/mol. The molecule has 25 heavy (non-hydrogen) atoms. The fourth-order valence-electron chi connectivity index (χ4n) is 4.08. The Labute approximate surface area is 148 Å². The molecule has 2 aliphatic heterocycles. The molecule has 0 bridgehead atoms. The Morgan fingerprint density at radius 2 is 1.96 bits per heavy atom. The van der Waals surface area contributed by atoms with Crippen molar-refractivity contribution in [3.05, 3.63) is 34.4 Å². The van der Waals surface area contributed by atoms with E-state index in [4.69, 9.17) is 4.74 Å². The zero-order valence-electron chi connectivity index (χ0n) is 15.4. The normalized spacial score (nSPS) is 25.3. The smallest absolute Gasteiger partial charge is 0.410 e. The van der Waals surface area contributed by atoms with Gasteiger partial charge in [0.25, 0.3) is 5.91 Å². The second-order valence-electron chi connectivity index (χ2n) is 8.65. The Morgan fingerprint density at radius 1 is 1.24 bits per heavy atom. The molecule has 2 amide bonds. The number of ether oxygens (including phenoxy) is 1. The van der Waals surface area contributed by atoms with Crippen molar-refractivity contribution in [2.24, 2.45) is 0 Å². The van der Waals surface area contributed by atoms with Gasteiger partial charge in [-0.3, -0.25) is 4.79 Å². The van der Waals surface area contributed by atoms with Crippen LogP contribution in [0.15, 0.2) is 12.1 Å². The molecule has 0 aromatic heterocycles. The molecule has 0 unspecified atom stereocenters. The summed E-state index contributed by atoms with van der Waals surface area (Å²) in [7, 11) is 0. The predicted octanol–water partition coefficient (Wildman–Crippen LogP) is 3.32. The van der Waals surface area contributed by atoms with Gasteiger partial charge in [-0.15, -0.1) is 0 Å². The van der Waals surface area contributed by atoms with E-state index in [1.54, 1.807) is 4.90 Å². The van der Waals surface area contributed by atoms with Crippen LogP contribution in [0.1, 0.15) is 72.5 Å². The molecule has 0 spiro atoms. The fraction of sp³-hybridized carbons (Fsp3) is 0.600. The zero-order chi connectivity index (χ0) is 17.9. The summed E-state index contributed by atoms with van der Waals surface area (Å²) in [5.74, 6) is 0.788. The maximum absolute atomic E-state index is 12.6. The Kier molecular flexibility index (Phi) is 3.60. The summed E-state index contributed by atoms with van der Waals surface area (Å²) in [6.07, 6.45) is 2.18. The average Bonchev–Trinajstić information content (AvgIpc) is 3.24. The largest absolute Gasteiger partial charge is 0.444 e. The maximum atomic E-state index is 12.6. The Balaban J connectivity index is 1.64. The zero-order valence-corrected chi connectivity index (χ0v) is 15.4. The SMILES string of the molecule is Cc1cc(C2CC2)cc2c1C(=O)N[C@H]1CN(C(=O)OC(C)(C)C)C[C@H]21. The van der Waals surface area contributed by atoms with E-state index in [9.17, 15) is 9.59 Å². The van der Waals surface area contributed by atoms with E-state index in [-0.39, 0.29) is 24.0 Å². The summed E-state index contributed by atoms with van der Waals surface area (Å²) in [5, 5.41) is 3.10. The third-order valence-electron chi connectivity index (χ3n) is 5.35. The fourth-order valence-corrected chi connectivity index (χ4v) is 4.08. The van der Waals surface area contributed by atoms with Crippen molar-refractivity contribution in [2.75, 3.05) is 13.1 Å². The van der Waals surface area contributed by atoms with Gasteiger partial charge in [-0.1, -0.05) is 12.1 Å². The first kappa shape index (κ1) is 16.4. The van der Waals surface area contributed by atoms with E-state index < -0.39 is 5.60 Å². The summed E-state index contributed by atoms with van der Waals surface area (Å²) >= 11 is 0. The van der Waals surface area contributed by atoms with Crippen molar-refractivity contribution in [3.8, 4) is 0 Å². The standard InChI is InChI=1S/C20H26N2O3/c1-11-7-13(12-5-6-12)8-14-15-9-22(19(24)25-20(2,3)4)10-16(15)21-18(23)17(11)14/h7-8,12,15-16H,5-6,9-10H2,1-4H3,(H,21,23)/t15-,16+/m1/s1. The third kappa shape index (κ3) is 3.00. The summed E-state index contributed by atoms with van der Waals surface area (Å²) in [6, 6.07) is 4.35. The topological polar surface area (TPSA) is 58.6 Å². The lowest BCUT2D eigenvalue weighted by Crippen LogP contribution is -2.45. The summed E-state index contributed by atoms with van der Waals surface area (Å²) in [4.78, 5) is 26.8. The number of fused-ring (bicyclic) bond motifs is 3. The number of nitrogens with zero attached hydrogens (tertiary/aromatic N) is 1. The molecule has 1 aliphatic carbocycles. The molecule has 4 rings (SSSR count). The van der Waals surface area contributed by atoms with Crippen LogP contribution >= 0.6 is 0 Å². The highest BCUT2D eigenvalue weighted by molar-refractivity contribution is 5.99. The van der Waals surface area contributed by atoms with E-state index in [1.165, 1.54) is 18.4 Å². The molecule has 134 valence electrons. The van der Waals surface area contributed by atoms with E-state index in [2.05, 4.69) is 17.4 Å². The molecular formula is C20H26N2O3. The van der Waals surface area contributed by atoms with Gasteiger partial charge in [0.05, 0.1) is 6.04 Å². The molecule has 2 atom stereocenters. The van der Waals surface area contributed by atoms with Gasteiger partial charge in [-0.25, -0.2) is 4.79 Å². The van der Waals surface area contributed by atoms with Gasteiger partial charge in [0.2, 0.25) is 0 Å². The van der Waals surface area contributed by atoms with Crippen LogP contribution in [0.3, 0.4) is 0 Å². The van der Waals surface area contributed by atoms with E-state index in [0.29, 0.717) is 19.0 Å². The minimum absolute atomic E-state index is 0.0119. The second-order valence-corrected chi connectivity index (χ2v) is 8.65. The number of aryl methyl sites for hydroxylation is 1. The second kappa shape index (κ2) is 5.48. The van der Waals surface area contributed by atoms with Crippen LogP contribution in [0.4, 0.5) is 4.79 Å². The van der Waals surface area contributed by atoms with Gasteiger partial charge in [0.15, 0.2) is 0 Å². The third-order valence-corrected chi connectivity index (χ3v) is 5.35. The minimum Gasteiger partial charge on any atom is -0.444 e. The van der Waals surface area contributed by atoms with E-state index >= 15 is 0 Å². The highest BCUT2D eigenvalue weighted by atomic mass is 16.6. The van der Waals surface area contributed by atoms with Crippen LogP contribution in [0.25, 0.3) is 0 Å². The Morgan fingerprint density at radius 3 is 2.60 bits per heavy atom. The number of carbonyl (C=O) groups is 2. The summed E-state index contributed by atoms with van der Waals surface area (Å²) in [6.45, 7) is 8.74. The average molecular weight is 342 g/mol. The molecule has 0 radical (unpaired) electrons. The number of nitrogens with one attached hydrogen (secondary N) is 1.